The molecule has 0 spiro atoms. The Morgan fingerprint density at radius 1 is 1.13 bits per heavy atom. The molecule has 0 radical (unpaired) electrons. The van der Waals surface area contributed by atoms with Crippen LogP contribution in [0.1, 0.15) is 50.6 Å². The first-order valence-electron chi connectivity index (χ1n) is 12.1. The number of sulfonamides is 1. The lowest BCUT2D eigenvalue weighted by molar-refractivity contribution is -0.130. The first-order chi connectivity index (χ1) is 17.9. The minimum absolute atomic E-state index is 0.0948. The van der Waals surface area contributed by atoms with Crippen molar-refractivity contribution in [1.29, 1.82) is 0 Å². The van der Waals surface area contributed by atoms with E-state index in [2.05, 4.69) is 40.1 Å². The van der Waals surface area contributed by atoms with Gasteiger partial charge >= 0.3 is 11.9 Å². The van der Waals surface area contributed by atoms with Crippen LogP contribution in [0.2, 0.25) is 0 Å². The summed E-state index contributed by atoms with van der Waals surface area (Å²) in [5.41, 5.74) is 0.339. The van der Waals surface area contributed by atoms with Crippen LogP contribution in [-0.4, -0.2) is 73.1 Å². The summed E-state index contributed by atoms with van der Waals surface area (Å²) in [6, 6.07) is -0.395. The number of nitrogens with one attached hydrogen (secondary N) is 4. The van der Waals surface area contributed by atoms with E-state index in [4.69, 9.17) is 0 Å². The Bertz CT molecular complexity index is 1600. The van der Waals surface area contributed by atoms with E-state index in [-0.39, 0.29) is 29.6 Å². The van der Waals surface area contributed by atoms with Crippen LogP contribution < -0.4 is 26.6 Å². The van der Waals surface area contributed by atoms with Crippen molar-refractivity contribution in [3.05, 3.63) is 33.2 Å². The lowest BCUT2D eigenvalue weighted by atomic mass is 9.92. The summed E-state index contributed by atoms with van der Waals surface area (Å²) < 4.78 is 65.1. The molecule has 5 N–H and O–H groups in total. The summed E-state index contributed by atoms with van der Waals surface area (Å²) in [6.07, 6.45) is 0.970. The Kier molecular flexibility index (Phi) is 6.89. The van der Waals surface area contributed by atoms with E-state index in [1.165, 1.54) is 16.8 Å². The number of fused-ring (bicyclic) bond motifs is 1. The average molecular weight is 558 g/mol. The molecule has 206 valence electrons. The molecule has 0 saturated heterocycles. The summed E-state index contributed by atoms with van der Waals surface area (Å²) in [4.78, 5) is 29.9. The second-order valence-electron chi connectivity index (χ2n) is 9.52. The van der Waals surface area contributed by atoms with Gasteiger partial charge in [-0.15, -0.1) is 0 Å². The monoisotopic (exact) mass is 557 g/mol. The molecule has 13 nitrogen and oxygen atoms in total. The van der Waals surface area contributed by atoms with Gasteiger partial charge in [0.1, 0.15) is 5.69 Å². The van der Waals surface area contributed by atoms with Gasteiger partial charge in [-0.2, -0.15) is 32.8 Å². The van der Waals surface area contributed by atoms with Crippen LogP contribution in [0.3, 0.4) is 0 Å². The van der Waals surface area contributed by atoms with Crippen molar-refractivity contribution < 1.29 is 26.7 Å². The molecule has 0 aliphatic heterocycles. The first kappa shape index (κ1) is 26.1. The number of hydrogen-bond donors (Lipinski definition) is 5. The van der Waals surface area contributed by atoms with E-state index in [9.17, 15) is 31.5 Å². The summed E-state index contributed by atoms with van der Waals surface area (Å²) in [5.74, 6) is -1.03. The van der Waals surface area contributed by atoms with E-state index >= 15 is 0 Å². The van der Waals surface area contributed by atoms with Crippen molar-refractivity contribution in [2.45, 2.75) is 69.2 Å². The lowest BCUT2D eigenvalue weighted by Crippen LogP contribution is -2.41. The molecular formula is C21H26F3N9O4S. The predicted molar refractivity (Wildman–Crippen MR) is 128 cm³/mol. The molecule has 5 rings (SSSR count). The van der Waals surface area contributed by atoms with Crippen LogP contribution >= 0.6 is 0 Å². The summed E-state index contributed by atoms with van der Waals surface area (Å²) in [7, 11) is -4.03. The topological polar surface area (TPSA) is 183 Å². The number of aromatic nitrogens is 6. The molecule has 0 bridgehead atoms. The number of imidazole rings is 1. The van der Waals surface area contributed by atoms with Gasteiger partial charge in [-0.1, -0.05) is 0 Å². The second-order valence-corrected chi connectivity index (χ2v) is 11.4. The number of nitrogens with zero attached hydrogens (tertiary/aromatic N) is 5. The highest BCUT2D eigenvalue weighted by Gasteiger charge is 2.32. The minimum atomic E-state index is -4.53. The molecule has 2 aliphatic carbocycles. The Labute approximate surface area is 213 Å². The van der Waals surface area contributed by atoms with Crippen LogP contribution in [-0.2, 0) is 10.0 Å². The van der Waals surface area contributed by atoms with Crippen LogP contribution in [0.25, 0.3) is 11.7 Å². The lowest BCUT2D eigenvalue weighted by Gasteiger charge is -2.29. The molecular weight excluding hydrogens is 531 g/mol. The Morgan fingerprint density at radius 3 is 2.47 bits per heavy atom. The van der Waals surface area contributed by atoms with E-state index in [0.717, 1.165) is 12.8 Å². The smallest absolute Gasteiger partial charge is 0.390 e. The van der Waals surface area contributed by atoms with Crippen molar-refractivity contribution in [3.8, 4) is 5.88 Å². The number of anilines is 1. The van der Waals surface area contributed by atoms with Gasteiger partial charge in [-0.05, 0) is 44.6 Å². The van der Waals surface area contributed by atoms with Crippen molar-refractivity contribution in [1.82, 2.24) is 34.3 Å². The van der Waals surface area contributed by atoms with Gasteiger partial charge in [0.15, 0.2) is 5.65 Å². The fourth-order valence-electron chi connectivity index (χ4n) is 4.25. The number of alkyl halides is 3. The Hall–Kier alpha value is -3.47. The number of H-pyrrole nitrogens is 2. The molecule has 3 aromatic rings. The highest BCUT2D eigenvalue weighted by molar-refractivity contribution is 7.89. The van der Waals surface area contributed by atoms with E-state index in [1.807, 2.05) is 0 Å². The molecule has 2 fully saturated rings. The molecule has 2 saturated carbocycles. The number of rotatable bonds is 8. The summed E-state index contributed by atoms with van der Waals surface area (Å²) in [5, 5.41) is 18.0. The molecule has 38 heavy (non-hydrogen) atoms. The molecule has 0 unspecified atom stereocenters. The average Bonchev–Trinajstić information content (AvgIpc) is 3.47. The van der Waals surface area contributed by atoms with Gasteiger partial charge in [0, 0.05) is 17.3 Å². The molecule has 0 aromatic carbocycles. The SMILES string of the molecule is O=c1[nH]c(O)c(/C=c2\cnn3c(=NC4CC4)nc(NC4CCC(NS(=O)(=O)CCC(F)(F)F)CC4)nc23)[nH]1. The van der Waals surface area contributed by atoms with Gasteiger partial charge in [-0.25, -0.2) is 22.9 Å². The third kappa shape index (κ3) is 6.50. The standard InChI is InChI=1S/C21H26F3N9O4S/c22-21(23,24)7-8-38(36,37)32-14-5-3-12(4-6-14)26-18-29-16-11(9-15-17(34)30-20(35)28-15)10-25-33(16)19(31-18)27-13-1-2-13/h9-10,12-14,32,34H,1-8H2,(H,26,27,31)(H2,28,30,35)/b11-9+. The molecule has 2 aliphatic rings. The summed E-state index contributed by atoms with van der Waals surface area (Å²) >= 11 is 0. The second kappa shape index (κ2) is 10.0. The third-order valence-electron chi connectivity index (χ3n) is 6.32. The van der Waals surface area contributed by atoms with E-state index < -0.39 is 40.1 Å². The van der Waals surface area contributed by atoms with Gasteiger partial charge < -0.3 is 15.4 Å². The highest BCUT2D eigenvalue weighted by atomic mass is 32.2. The number of aromatic amines is 2. The van der Waals surface area contributed by atoms with Crippen LogP contribution in [0.15, 0.2) is 16.0 Å². The van der Waals surface area contributed by atoms with Crippen LogP contribution in [0.5, 0.6) is 5.88 Å². The number of halogens is 3. The maximum absolute atomic E-state index is 12.4. The van der Waals surface area contributed by atoms with Gasteiger partial charge in [0.25, 0.3) is 5.62 Å². The number of hydrogen-bond acceptors (Lipinski definition) is 9. The van der Waals surface area contributed by atoms with Crippen molar-refractivity contribution in [2.24, 2.45) is 4.99 Å². The van der Waals surface area contributed by atoms with Crippen LogP contribution in [0.4, 0.5) is 19.1 Å². The largest absolute Gasteiger partial charge is 0.493 e. The number of aromatic hydroxyl groups is 1. The van der Waals surface area contributed by atoms with Crippen molar-refractivity contribution in [2.75, 3.05) is 11.1 Å². The molecule has 3 heterocycles. The zero-order valence-corrected chi connectivity index (χ0v) is 20.8. The molecule has 0 amide bonds. The maximum Gasteiger partial charge on any atom is 0.390 e. The quantitative estimate of drug-likeness (QED) is 0.257. The van der Waals surface area contributed by atoms with E-state index in [1.54, 1.807) is 0 Å². The molecule has 3 aromatic heterocycles. The zero-order chi connectivity index (χ0) is 27.1. The van der Waals surface area contributed by atoms with E-state index in [0.29, 0.717) is 42.2 Å². The maximum atomic E-state index is 12.4. The highest BCUT2D eigenvalue weighted by Crippen LogP contribution is 2.24. The van der Waals surface area contributed by atoms with Gasteiger partial charge in [0.2, 0.25) is 21.9 Å². The molecule has 0 atom stereocenters. The van der Waals surface area contributed by atoms with Crippen LogP contribution in [0, 0.1) is 0 Å². The molecule has 17 heteroatoms. The normalized spacial score (nSPS) is 21.9. The summed E-state index contributed by atoms with van der Waals surface area (Å²) in [6.45, 7) is 0. The van der Waals surface area contributed by atoms with Crippen molar-refractivity contribution >= 4 is 27.7 Å². The fourth-order valence-corrected chi connectivity index (χ4v) is 5.61. The minimum Gasteiger partial charge on any atom is -0.493 e. The Balaban J connectivity index is 1.32. The third-order valence-corrected chi connectivity index (χ3v) is 7.75. The fraction of sp³-hybridized carbons (Fsp3) is 0.571. The van der Waals surface area contributed by atoms with Gasteiger partial charge in [0.05, 0.1) is 24.4 Å². The van der Waals surface area contributed by atoms with Gasteiger partial charge in [-0.3, -0.25) is 4.98 Å². The Morgan fingerprint density at radius 2 is 1.84 bits per heavy atom. The van der Waals surface area contributed by atoms with Crippen molar-refractivity contribution in [3.63, 3.8) is 0 Å². The zero-order valence-electron chi connectivity index (χ0n) is 20.0. The predicted octanol–water partition coefficient (Wildman–Crippen LogP) is 0.0520. The first-order valence-corrected chi connectivity index (χ1v) is 13.8.